The molecule has 0 spiro atoms. The zero-order valence-corrected chi connectivity index (χ0v) is 34.8. The molecule has 0 saturated heterocycles. The minimum absolute atomic E-state index is 0. The molecule has 3 aliphatic rings. The van der Waals surface area contributed by atoms with E-state index in [-0.39, 0.29) is 20.1 Å². The van der Waals surface area contributed by atoms with Crippen LogP contribution in [0.25, 0.3) is 0 Å². The van der Waals surface area contributed by atoms with Gasteiger partial charge in [0.05, 0.1) is 35.7 Å². The minimum atomic E-state index is 0. The number of hydrogen-bond acceptors (Lipinski definition) is 12. The Hall–Kier alpha value is -5.65. The van der Waals surface area contributed by atoms with Crippen molar-refractivity contribution in [2.75, 3.05) is 50.5 Å². The molecule has 6 heterocycles. The second-order valence-electron chi connectivity index (χ2n) is 13.4. The Morgan fingerprint density at radius 2 is 0.727 bits per heavy atom. The Balaban J connectivity index is 0.000000139. The van der Waals surface area contributed by atoms with Crippen molar-refractivity contribution in [3.8, 4) is 0 Å². The third-order valence-electron chi connectivity index (χ3n) is 8.91. The summed E-state index contributed by atoms with van der Waals surface area (Å²) in [6.45, 7) is 17.9. The summed E-state index contributed by atoms with van der Waals surface area (Å²) in [5.41, 5.74) is 9.65. The summed E-state index contributed by atoms with van der Waals surface area (Å²) in [6.07, 6.45) is 5.55. The van der Waals surface area contributed by atoms with E-state index in [1.807, 2.05) is 146 Å². The molecule has 55 heavy (non-hydrogen) atoms. The van der Waals surface area contributed by atoms with E-state index in [0.29, 0.717) is 0 Å². The van der Waals surface area contributed by atoms with Crippen molar-refractivity contribution in [1.82, 2.24) is 29.9 Å². The fourth-order valence-electron chi connectivity index (χ4n) is 6.14. The predicted octanol–water partition coefficient (Wildman–Crippen LogP) is 7.80. The number of rotatable bonds is 3. The first-order valence-electron chi connectivity index (χ1n) is 17.5. The van der Waals surface area contributed by atoms with Crippen LogP contribution in [0.3, 0.4) is 0 Å². The molecule has 0 amide bonds. The van der Waals surface area contributed by atoms with Crippen LogP contribution in [0.1, 0.15) is 34.2 Å². The number of aryl methyl sites for hydroxylation is 6. The summed E-state index contributed by atoms with van der Waals surface area (Å²) in [6, 6.07) is 27.9. The van der Waals surface area contributed by atoms with Crippen molar-refractivity contribution in [3.05, 3.63) is 146 Å². The van der Waals surface area contributed by atoms with E-state index in [2.05, 4.69) is 87.1 Å². The van der Waals surface area contributed by atoms with E-state index in [4.69, 9.17) is 0 Å². The van der Waals surface area contributed by atoms with Crippen LogP contribution in [0.5, 0.6) is 0 Å². The normalized spacial score (nSPS) is 13.7. The van der Waals surface area contributed by atoms with Crippen LogP contribution in [0.4, 0.5) is 51.6 Å². The van der Waals surface area contributed by atoms with Gasteiger partial charge < -0.3 is 29.4 Å². The summed E-state index contributed by atoms with van der Waals surface area (Å²) < 4.78 is 0. The van der Waals surface area contributed by atoms with Crippen molar-refractivity contribution in [1.29, 1.82) is 0 Å². The number of benzene rings is 3. The van der Waals surface area contributed by atoms with Crippen LogP contribution in [-0.4, -0.2) is 51.0 Å². The van der Waals surface area contributed by atoms with Gasteiger partial charge in [0.15, 0.2) is 0 Å². The Labute approximate surface area is 337 Å². The van der Waals surface area contributed by atoms with Crippen molar-refractivity contribution in [3.63, 3.8) is 0 Å². The molecule has 3 aromatic heterocycles. The van der Waals surface area contributed by atoms with Gasteiger partial charge in [0.25, 0.3) is 0 Å². The first kappa shape index (κ1) is 39.1. The molecule has 3 aromatic carbocycles. The second-order valence-corrected chi connectivity index (χ2v) is 13.4. The number of hydrogen-bond donors (Lipinski definition) is 0. The Morgan fingerprint density at radius 1 is 0.455 bits per heavy atom. The van der Waals surface area contributed by atoms with E-state index in [1.165, 1.54) is 16.7 Å². The smallest absolute Gasteiger partial charge is 0.128 e. The summed E-state index contributed by atoms with van der Waals surface area (Å²) in [5.74, 6) is 5.05. The summed E-state index contributed by atoms with van der Waals surface area (Å²) in [5, 5.41) is 0. The molecule has 0 N–H and O–H groups in total. The molecule has 0 atom stereocenters. The molecule has 0 saturated carbocycles. The van der Waals surface area contributed by atoms with Gasteiger partial charge in [-0.15, -0.1) is 35.3 Å². The molecule has 0 fully saturated rings. The maximum Gasteiger partial charge on any atom is 0.128 e. The zero-order chi connectivity index (χ0) is 38.1. The van der Waals surface area contributed by atoms with Crippen molar-refractivity contribution >= 4 is 51.6 Å². The van der Waals surface area contributed by atoms with Gasteiger partial charge in [-0.2, -0.15) is 91.3 Å². The Morgan fingerprint density at radius 3 is 0.982 bits per heavy atom. The van der Waals surface area contributed by atoms with Gasteiger partial charge in [-0.1, -0.05) is 20.8 Å². The van der Waals surface area contributed by atoms with E-state index in [0.717, 1.165) is 69.1 Å². The number of anilines is 9. The molecular formula is C42H42IrN12-6. The van der Waals surface area contributed by atoms with Gasteiger partial charge in [-0.25, -0.2) is 29.9 Å². The van der Waals surface area contributed by atoms with Gasteiger partial charge in [0.2, 0.25) is 0 Å². The average Bonchev–Trinajstić information content (AvgIpc) is 3.78. The average molecular weight is 907 g/mol. The van der Waals surface area contributed by atoms with Crippen LogP contribution >= 0.6 is 0 Å². The second kappa shape index (κ2) is 16.4. The van der Waals surface area contributed by atoms with Crippen LogP contribution in [0, 0.1) is 79.7 Å². The van der Waals surface area contributed by atoms with Crippen LogP contribution < -0.4 is 29.4 Å². The zero-order valence-electron chi connectivity index (χ0n) is 32.4. The first-order chi connectivity index (χ1) is 25.9. The first-order valence-corrected chi connectivity index (χ1v) is 17.5. The molecule has 0 aliphatic carbocycles. The number of fused-ring (bicyclic) bond motifs is 3. The Kier molecular flexibility index (Phi) is 11.6. The molecule has 13 heteroatoms. The Bertz CT molecular complexity index is 2040. The molecule has 12 nitrogen and oxygen atoms in total. The number of aromatic nitrogens is 6. The maximum atomic E-state index is 4.51. The van der Waals surface area contributed by atoms with E-state index in [9.17, 15) is 0 Å². The number of nitrogens with zero attached hydrogens (tertiary/aromatic N) is 12. The molecule has 0 unspecified atom stereocenters. The molecule has 0 bridgehead atoms. The molecular weight excluding hydrogens is 865 g/mol. The van der Waals surface area contributed by atoms with Gasteiger partial charge in [0.1, 0.15) is 34.9 Å². The van der Waals surface area contributed by atoms with E-state index < -0.39 is 0 Å². The van der Waals surface area contributed by atoms with Gasteiger partial charge in [-0.3, -0.25) is 0 Å². The van der Waals surface area contributed by atoms with E-state index in [1.54, 1.807) is 0 Å². The van der Waals surface area contributed by atoms with Gasteiger partial charge in [-0.05, 0) is 41.9 Å². The maximum absolute atomic E-state index is 4.51. The van der Waals surface area contributed by atoms with Crippen molar-refractivity contribution in [2.24, 2.45) is 0 Å². The van der Waals surface area contributed by atoms with Gasteiger partial charge >= 0.3 is 0 Å². The molecule has 1 radical (unpaired) electrons. The third-order valence-corrected chi connectivity index (χ3v) is 8.91. The standard InChI is InChI=1S/3C14H14N4.Ir/c3*1-10-5-4-6-12(7-10)18-9-17(3)13-8-15-11(2)16-14(13)18;/h3*4-5,7-9H,1-3H3;/q3*-2;. The van der Waals surface area contributed by atoms with Crippen LogP contribution in [0.15, 0.2) is 73.2 Å². The fourth-order valence-corrected chi connectivity index (χ4v) is 6.14. The summed E-state index contributed by atoms with van der Waals surface area (Å²) in [7, 11) is 5.98. The topological polar surface area (TPSA) is 96.8 Å². The summed E-state index contributed by atoms with van der Waals surface area (Å²) >= 11 is 0. The SMILES string of the molecule is Cc1cc[c-]c(N2[CH-]N(C)c3cnc(C)nc32)c1.Cc1cc[c-]c(N2[CH-]N(C)c3cnc(C)nc32)c1.Cc1cc[c-]c(N2[CH-]N(C)c3cnc(C)nc32)c1.[Ir]. The van der Waals surface area contributed by atoms with Gasteiger partial charge in [0, 0.05) is 20.1 Å². The van der Waals surface area contributed by atoms with E-state index >= 15 is 0 Å². The molecule has 9 rings (SSSR count). The monoisotopic (exact) mass is 907 g/mol. The molecule has 3 aliphatic heterocycles. The predicted molar refractivity (Wildman–Crippen MR) is 215 cm³/mol. The molecule has 6 aromatic rings. The van der Waals surface area contributed by atoms with Crippen LogP contribution in [-0.2, 0) is 20.1 Å². The largest absolute Gasteiger partial charge is 0.501 e. The van der Waals surface area contributed by atoms with Crippen LogP contribution in [0.2, 0.25) is 0 Å². The third kappa shape index (κ3) is 8.38. The quantitative estimate of drug-likeness (QED) is 0.162. The minimum Gasteiger partial charge on any atom is -0.501 e. The summed E-state index contributed by atoms with van der Waals surface area (Å²) in [4.78, 5) is 38.4. The van der Waals surface area contributed by atoms with Crippen molar-refractivity contribution < 1.29 is 20.1 Å². The molecule has 285 valence electrons. The van der Waals surface area contributed by atoms with Crippen molar-refractivity contribution in [2.45, 2.75) is 41.5 Å². The fraction of sp³-hybridized carbons (Fsp3) is 0.214.